The standard InChI is InChI=1S/C37H35NO4/c1-4-41-35(39)33-32(30-24-16-9-17-25-30)34(31(28-20-12-7-13-21-28)29-22-14-8-15-23-29)38(3)37(33,36(40)42-5-2)26-27-18-10-6-11-19-27/h6-25H,4-5,26H2,1-3H3. The van der Waals surface area contributed by atoms with E-state index in [0.717, 1.165) is 33.5 Å². The van der Waals surface area contributed by atoms with E-state index in [1.807, 2.05) is 109 Å². The topological polar surface area (TPSA) is 55.8 Å². The normalized spacial score (nSPS) is 16.4. The average molecular weight is 558 g/mol. The van der Waals surface area contributed by atoms with E-state index in [-0.39, 0.29) is 25.2 Å². The second kappa shape index (κ2) is 12.7. The van der Waals surface area contributed by atoms with Crippen LogP contribution in [0.2, 0.25) is 0 Å². The zero-order valence-corrected chi connectivity index (χ0v) is 24.2. The van der Waals surface area contributed by atoms with Crippen LogP contribution in [0.4, 0.5) is 0 Å². The van der Waals surface area contributed by atoms with Crippen molar-refractivity contribution in [2.75, 3.05) is 20.3 Å². The lowest BCUT2D eigenvalue weighted by molar-refractivity contribution is -0.156. The van der Waals surface area contributed by atoms with E-state index in [9.17, 15) is 9.59 Å². The third-order valence-corrected chi connectivity index (χ3v) is 7.63. The van der Waals surface area contributed by atoms with Gasteiger partial charge in [0.05, 0.1) is 24.5 Å². The van der Waals surface area contributed by atoms with E-state index >= 15 is 0 Å². The molecule has 5 heteroatoms. The minimum absolute atomic E-state index is 0.168. The van der Waals surface area contributed by atoms with Crippen molar-refractivity contribution in [3.05, 3.63) is 155 Å². The molecule has 0 spiro atoms. The van der Waals surface area contributed by atoms with Crippen LogP contribution in [0.3, 0.4) is 0 Å². The highest BCUT2D eigenvalue weighted by atomic mass is 16.5. The maximum Gasteiger partial charge on any atom is 0.337 e. The Balaban J connectivity index is 1.97. The van der Waals surface area contributed by atoms with Gasteiger partial charge in [-0.05, 0) is 36.1 Å². The van der Waals surface area contributed by atoms with Gasteiger partial charge in [-0.1, -0.05) is 121 Å². The van der Waals surface area contributed by atoms with Gasteiger partial charge in [0.25, 0.3) is 0 Å². The number of esters is 2. The van der Waals surface area contributed by atoms with Crippen molar-refractivity contribution in [2.24, 2.45) is 0 Å². The number of benzene rings is 4. The number of carbonyl (C=O) groups is 2. The Kier molecular flexibility index (Phi) is 8.68. The molecule has 1 atom stereocenters. The molecule has 1 unspecified atom stereocenters. The first-order valence-corrected chi connectivity index (χ1v) is 14.3. The first kappa shape index (κ1) is 28.6. The number of ether oxygens (including phenoxy) is 2. The predicted molar refractivity (Wildman–Crippen MR) is 166 cm³/mol. The van der Waals surface area contributed by atoms with Gasteiger partial charge in [0.15, 0.2) is 5.54 Å². The predicted octanol–water partition coefficient (Wildman–Crippen LogP) is 6.95. The molecule has 0 aliphatic carbocycles. The van der Waals surface area contributed by atoms with Crippen LogP contribution < -0.4 is 0 Å². The Labute approximate surface area is 247 Å². The van der Waals surface area contributed by atoms with Crippen LogP contribution in [0.15, 0.2) is 133 Å². The number of carbonyl (C=O) groups excluding carboxylic acids is 2. The Morgan fingerprint density at radius 1 is 0.667 bits per heavy atom. The molecule has 0 amide bonds. The molecule has 0 radical (unpaired) electrons. The minimum Gasteiger partial charge on any atom is -0.464 e. The summed E-state index contributed by atoms with van der Waals surface area (Å²) in [5, 5.41) is 0. The van der Waals surface area contributed by atoms with Crippen LogP contribution in [0.1, 0.15) is 36.1 Å². The van der Waals surface area contributed by atoms with E-state index < -0.39 is 17.5 Å². The van der Waals surface area contributed by atoms with E-state index in [4.69, 9.17) is 9.47 Å². The van der Waals surface area contributed by atoms with Crippen molar-refractivity contribution < 1.29 is 19.1 Å². The molecule has 42 heavy (non-hydrogen) atoms. The Morgan fingerprint density at radius 3 is 1.64 bits per heavy atom. The van der Waals surface area contributed by atoms with Gasteiger partial charge in [0, 0.05) is 24.6 Å². The zero-order valence-electron chi connectivity index (χ0n) is 24.2. The quantitative estimate of drug-likeness (QED) is 0.208. The van der Waals surface area contributed by atoms with Crippen LogP contribution in [0.5, 0.6) is 0 Å². The Bertz CT molecular complexity index is 1550. The van der Waals surface area contributed by atoms with Crippen molar-refractivity contribution in [1.82, 2.24) is 4.90 Å². The number of nitrogens with zero attached hydrogens (tertiary/aromatic N) is 1. The van der Waals surface area contributed by atoms with Gasteiger partial charge in [-0.3, -0.25) is 0 Å². The molecule has 5 nitrogen and oxygen atoms in total. The van der Waals surface area contributed by atoms with Crippen molar-refractivity contribution in [2.45, 2.75) is 25.8 Å². The maximum absolute atomic E-state index is 14.4. The van der Waals surface area contributed by atoms with E-state index in [1.54, 1.807) is 13.8 Å². The van der Waals surface area contributed by atoms with Gasteiger partial charge in [0.2, 0.25) is 0 Å². The number of allylic oxidation sites excluding steroid dienone is 1. The van der Waals surface area contributed by atoms with Crippen LogP contribution in [-0.2, 0) is 25.5 Å². The zero-order chi connectivity index (χ0) is 29.5. The molecular weight excluding hydrogens is 522 g/mol. The molecule has 0 saturated carbocycles. The van der Waals surface area contributed by atoms with Crippen molar-refractivity contribution in [1.29, 1.82) is 0 Å². The van der Waals surface area contributed by atoms with Crippen molar-refractivity contribution in [3.63, 3.8) is 0 Å². The van der Waals surface area contributed by atoms with Gasteiger partial charge < -0.3 is 14.4 Å². The lowest BCUT2D eigenvalue weighted by Gasteiger charge is -2.38. The summed E-state index contributed by atoms with van der Waals surface area (Å²) in [4.78, 5) is 30.5. The summed E-state index contributed by atoms with van der Waals surface area (Å²) < 4.78 is 11.5. The van der Waals surface area contributed by atoms with Crippen LogP contribution >= 0.6 is 0 Å². The highest BCUT2D eigenvalue weighted by molar-refractivity contribution is 6.15. The fourth-order valence-corrected chi connectivity index (χ4v) is 5.81. The average Bonchev–Trinajstić information content (AvgIpc) is 3.28. The van der Waals surface area contributed by atoms with Crippen LogP contribution in [0, 0.1) is 0 Å². The summed E-state index contributed by atoms with van der Waals surface area (Å²) in [5.41, 5.74) is 4.73. The summed E-state index contributed by atoms with van der Waals surface area (Å²) in [5.74, 6) is -1.04. The summed E-state index contributed by atoms with van der Waals surface area (Å²) in [6.45, 7) is 3.90. The summed E-state index contributed by atoms with van der Waals surface area (Å²) in [7, 11) is 1.89. The van der Waals surface area contributed by atoms with E-state index in [1.165, 1.54) is 0 Å². The second-order valence-corrected chi connectivity index (χ2v) is 10.1. The maximum atomic E-state index is 14.4. The molecule has 0 bridgehead atoms. The summed E-state index contributed by atoms with van der Waals surface area (Å²) >= 11 is 0. The minimum atomic E-state index is -1.49. The first-order chi connectivity index (χ1) is 20.5. The fourth-order valence-electron chi connectivity index (χ4n) is 5.81. The molecule has 1 aliphatic heterocycles. The lowest BCUT2D eigenvalue weighted by atomic mass is 9.81. The highest BCUT2D eigenvalue weighted by Crippen LogP contribution is 2.51. The van der Waals surface area contributed by atoms with Gasteiger partial charge in [-0.15, -0.1) is 0 Å². The van der Waals surface area contributed by atoms with Gasteiger partial charge >= 0.3 is 11.9 Å². The van der Waals surface area contributed by atoms with Crippen LogP contribution in [0.25, 0.3) is 11.1 Å². The largest absolute Gasteiger partial charge is 0.464 e. The number of hydrogen-bond donors (Lipinski definition) is 0. The molecule has 5 rings (SSSR count). The summed E-state index contributed by atoms with van der Waals surface area (Å²) in [6, 6.07) is 39.7. The van der Waals surface area contributed by atoms with E-state index in [2.05, 4.69) is 24.3 Å². The molecule has 0 N–H and O–H groups in total. The van der Waals surface area contributed by atoms with Crippen molar-refractivity contribution in [3.8, 4) is 0 Å². The molecule has 212 valence electrons. The highest BCUT2D eigenvalue weighted by Gasteiger charge is 2.58. The third kappa shape index (κ3) is 5.26. The molecule has 0 aromatic heterocycles. The lowest BCUT2D eigenvalue weighted by Crippen LogP contribution is -2.55. The Morgan fingerprint density at radius 2 is 1.14 bits per heavy atom. The first-order valence-electron chi connectivity index (χ1n) is 14.3. The summed E-state index contributed by atoms with van der Waals surface area (Å²) in [6.07, 6.45) is 0.216. The van der Waals surface area contributed by atoms with Gasteiger partial charge in [0.1, 0.15) is 0 Å². The van der Waals surface area contributed by atoms with Gasteiger partial charge in [-0.25, -0.2) is 9.59 Å². The monoisotopic (exact) mass is 557 g/mol. The second-order valence-electron chi connectivity index (χ2n) is 10.1. The molecule has 4 aromatic rings. The third-order valence-electron chi connectivity index (χ3n) is 7.63. The molecule has 1 heterocycles. The molecule has 4 aromatic carbocycles. The number of likely N-dealkylation sites (N-methyl/N-ethyl adjacent to an activating group) is 1. The Hall–Kier alpha value is -4.90. The molecular formula is C37H35NO4. The van der Waals surface area contributed by atoms with E-state index in [0.29, 0.717) is 5.57 Å². The smallest absolute Gasteiger partial charge is 0.337 e. The fraction of sp³-hybridized carbons (Fsp3) is 0.189. The van der Waals surface area contributed by atoms with Crippen molar-refractivity contribution >= 4 is 23.1 Å². The SMILES string of the molecule is CCOC(=O)C1=C(c2ccccc2)C(=C(c2ccccc2)c2ccccc2)N(C)C1(Cc1ccccc1)C(=O)OCC. The van der Waals surface area contributed by atoms with Crippen LogP contribution in [-0.4, -0.2) is 42.6 Å². The molecule has 1 aliphatic rings. The number of rotatable bonds is 9. The van der Waals surface area contributed by atoms with Gasteiger partial charge in [-0.2, -0.15) is 0 Å². The number of hydrogen-bond acceptors (Lipinski definition) is 5. The molecule has 0 saturated heterocycles. The molecule has 0 fully saturated rings.